The monoisotopic (exact) mass is 346 g/mol. The van der Waals surface area contributed by atoms with Crippen molar-refractivity contribution >= 4 is 17.7 Å². The molecule has 0 aliphatic carbocycles. The highest BCUT2D eigenvalue weighted by molar-refractivity contribution is 7.99. The fraction of sp³-hybridized carbons (Fsp3) is 0.632. The summed E-state index contributed by atoms with van der Waals surface area (Å²) in [5.74, 6) is 2.70. The van der Waals surface area contributed by atoms with Crippen molar-refractivity contribution in [1.82, 2.24) is 9.80 Å². The molecule has 2 unspecified atom stereocenters. The summed E-state index contributed by atoms with van der Waals surface area (Å²) in [4.78, 5) is 17.8. The molecule has 4 heterocycles. The predicted octanol–water partition coefficient (Wildman–Crippen LogP) is 2.41. The Hall–Kier alpha value is -1.04. The quantitative estimate of drug-likeness (QED) is 0.782. The minimum absolute atomic E-state index is 0.0492. The smallest absolute Gasteiger partial charge is 0.328 e. The SMILES string of the molecule is O=C(OC1CN2CCC1CC2)C(c1ccccc1)N1CCSCC1. The number of piperidine rings is 3. The Balaban J connectivity index is 1.50. The summed E-state index contributed by atoms with van der Waals surface area (Å²) in [6.45, 7) is 5.18. The molecule has 0 saturated carbocycles. The summed E-state index contributed by atoms with van der Waals surface area (Å²) in [6.07, 6.45) is 2.44. The van der Waals surface area contributed by atoms with Gasteiger partial charge in [0.2, 0.25) is 0 Å². The lowest BCUT2D eigenvalue weighted by atomic mass is 9.86. The third-order valence-corrected chi connectivity index (χ3v) is 6.56. The highest BCUT2D eigenvalue weighted by Crippen LogP contribution is 2.32. The van der Waals surface area contributed by atoms with Crippen LogP contribution in [0.2, 0.25) is 0 Å². The molecule has 2 bridgehead atoms. The van der Waals surface area contributed by atoms with Gasteiger partial charge in [0.1, 0.15) is 12.1 Å². The largest absolute Gasteiger partial charge is 0.459 e. The Morgan fingerprint density at radius 2 is 1.79 bits per heavy atom. The molecule has 0 spiro atoms. The van der Waals surface area contributed by atoms with E-state index in [4.69, 9.17) is 4.74 Å². The van der Waals surface area contributed by atoms with E-state index in [-0.39, 0.29) is 18.1 Å². The predicted molar refractivity (Wildman–Crippen MR) is 97.1 cm³/mol. The summed E-state index contributed by atoms with van der Waals surface area (Å²) >= 11 is 1.97. The van der Waals surface area contributed by atoms with Crippen molar-refractivity contribution in [2.24, 2.45) is 5.92 Å². The van der Waals surface area contributed by atoms with E-state index in [2.05, 4.69) is 21.9 Å². The van der Waals surface area contributed by atoms with Crippen LogP contribution in [0, 0.1) is 5.92 Å². The van der Waals surface area contributed by atoms with Crippen molar-refractivity contribution in [3.63, 3.8) is 0 Å². The van der Waals surface area contributed by atoms with E-state index in [0.29, 0.717) is 5.92 Å². The van der Waals surface area contributed by atoms with Gasteiger partial charge in [-0.1, -0.05) is 30.3 Å². The van der Waals surface area contributed by atoms with Crippen LogP contribution in [0.25, 0.3) is 0 Å². The normalized spacial score (nSPS) is 31.6. The molecule has 5 rings (SSSR count). The summed E-state index contributed by atoms with van der Waals surface area (Å²) in [7, 11) is 0. The summed E-state index contributed by atoms with van der Waals surface area (Å²) in [5.41, 5.74) is 1.07. The van der Waals surface area contributed by atoms with Crippen LogP contribution >= 0.6 is 11.8 Å². The first-order valence-electron chi connectivity index (χ1n) is 9.11. The Labute approximate surface area is 148 Å². The number of ether oxygens (including phenoxy) is 1. The van der Waals surface area contributed by atoms with Crippen LogP contribution in [0.5, 0.6) is 0 Å². The Bertz CT molecular complexity index is 554. The van der Waals surface area contributed by atoms with Gasteiger partial charge in [0, 0.05) is 31.1 Å². The van der Waals surface area contributed by atoms with E-state index in [0.717, 1.165) is 36.7 Å². The lowest BCUT2D eigenvalue weighted by Gasteiger charge is -2.44. The molecule has 0 amide bonds. The number of hydrogen-bond donors (Lipinski definition) is 0. The molecule has 2 atom stereocenters. The number of rotatable bonds is 4. The number of nitrogens with zero attached hydrogens (tertiary/aromatic N) is 2. The number of benzene rings is 1. The fourth-order valence-corrected chi connectivity index (χ4v) is 5.16. The highest BCUT2D eigenvalue weighted by Gasteiger charge is 2.39. The third-order valence-electron chi connectivity index (χ3n) is 5.61. The van der Waals surface area contributed by atoms with Gasteiger partial charge in [-0.2, -0.15) is 11.8 Å². The van der Waals surface area contributed by atoms with Crippen molar-refractivity contribution < 1.29 is 9.53 Å². The van der Waals surface area contributed by atoms with Crippen LogP contribution in [-0.2, 0) is 9.53 Å². The van der Waals surface area contributed by atoms with Crippen molar-refractivity contribution in [1.29, 1.82) is 0 Å². The van der Waals surface area contributed by atoms with Gasteiger partial charge >= 0.3 is 5.97 Å². The van der Waals surface area contributed by atoms with Crippen molar-refractivity contribution in [3.8, 4) is 0 Å². The van der Waals surface area contributed by atoms with Gasteiger partial charge in [0.15, 0.2) is 0 Å². The van der Waals surface area contributed by atoms with E-state index < -0.39 is 0 Å². The zero-order valence-electron chi connectivity index (χ0n) is 14.1. The van der Waals surface area contributed by atoms with Gasteiger partial charge in [-0.05, 0) is 37.4 Å². The van der Waals surface area contributed by atoms with Gasteiger partial charge in [-0.15, -0.1) is 0 Å². The molecule has 4 saturated heterocycles. The summed E-state index contributed by atoms with van der Waals surface area (Å²) in [5, 5.41) is 0. The van der Waals surface area contributed by atoms with Crippen molar-refractivity contribution in [2.45, 2.75) is 25.0 Å². The minimum Gasteiger partial charge on any atom is -0.459 e. The Morgan fingerprint density at radius 1 is 1.08 bits per heavy atom. The number of hydrogen-bond acceptors (Lipinski definition) is 5. The molecule has 1 aromatic rings. The molecule has 4 nitrogen and oxygen atoms in total. The van der Waals surface area contributed by atoms with Gasteiger partial charge < -0.3 is 4.74 Å². The molecule has 0 radical (unpaired) electrons. The second-order valence-corrected chi connectivity index (χ2v) is 8.30. The van der Waals surface area contributed by atoms with Crippen molar-refractivity contribution in [3.05, 3.63) is 35.9 Å². The maximum absolute atomic E-state index is 13.1. The van der Waals surface area contributed by atoms with E-state index >= 15 is 0 Å². The van der Waals surface area contributed by atoms with Gasteiger partial charge in [-0.3, -0.25) is 9.80 Å². The molecular weight excluding hydrogens is 320 g/mol. The summed E-state index contributed by atoms with van der Waals surface area (Å²) < 4.78 is 6.07. The average molecular weight is 346 g/mol. The molecule has 4 aliphatic heterocycles. The third kappa shape index (κ3) is 3.48. The summed E-state index contributed by atoms with van der Waals surface area (Å²) in [6, 6.07) is 9.91. The maximum Gasteiger partial charge on any atom is 0.328 e. The number of esters is 1. The molecular formula is C19H26N2O2S. The average Bonchev–Trinajstić information content (AvgIpc) is 2.65. The first kappa shape index (κ1) is 16.4. The second-order valence-electron chi connectivity index (χ2n) is 7.07. The lowest BCUT2D eigenvalue weighted by molar-refractivity contribution is -0.165. The minimum atomic E-state index is -0.248. The number of fused-ring (bicyclic) bond motifs is 3. The fourth-order valence-electron chi connectivity index (χ4n) is 4.22. The molecule has 0 N–H and O–H groups in total. The molecule has 5 heteroatoms. The number of carbonyl (C=O) groups excluding carboxylic acids is 1. The molecule has 24 heavy (non-hydrogen) atoms. The molecule has 130 valence electrons. The zero-order chi connectivity index (χ0) is 16.4. The first-order chi connectivity index (χ1) is 11.8. The lowest BCUT2D eigenvalue weighted by Crippen LogP contribution is -2.53. The standard InChI is InChI=1S/C19H26N2O2S/c22-19(23-17-14-20-8-6-15(17)7-9-20)18(16-4-2-1-3-5-16)21-10-12-24-13-11-21/h1-5,15,17-18H,6-14H2. The van der Waals surface area contributed by atoms with E-state index in [9.17, 15) is 4.79 Å². The molecule has 0 aromatic heterocycles. The van der Waals surface area contributed by atoms with E-state index in [1.165, 1.54) is 25.9 Å². The Morgan fingerprint density at radius 3 is 2.42 bits per heavy atom. The van der Waals surface area contributed by atoms with Crippen LogP contribution in [-0.4, -0.2) is 66.1 Å². The molecule has 1 aromatic carbocycles. The maximum atomic E-state index is 13.1. The Kier molecular flexibility index (Phi) is 5.11. The van der Waals surface area contributed by atoms with E-state index in [1.807, 2.05) is 30.0 Å². The van der Waals surface area contributed by atoms with E-state index in [1.54, 1.807) is 0 Å². The molecule has 4 fully saturated rings. The van der Waals surface area contributed by atoms with Crippen LogP contribution in [0.3, 0.4) is 0 Å². The molecule has 4 aliphatic rings. The zero-order valence-corrected chi connectivity index (χ0v) is 14.9. The first-order valence-corrected chi connectivity index (χ1v) is 10.3. The highest BCUT2D eigenvalue weighted by atomic mass is 32.2. The number of carbonyl (C=O) groups is 1. The number of thioether (sulfide) groups is 1. The van der Waals surface area contributed by atoms with Gasteiger partial charge in [0.05, 0.1) is 0 Å². The van der Waals surface area contributed by atoms with Crippen LogP contribution in [0.15, 0.2) is 30.3 Å². The van der Waals surface area contributed by atoms with Gasteiger partial charge in [0.25, 0.3) is 0 Å². The van der Waals surface area contributed by atoms with Gasteiger partial charge in [-0.25, -0.2) is 4.79 Å². The van der Waals surface area contributed by atoms with Crippen molar-refractivity contribution in [2.75, 3.05) is 44.2 Å². The topological polar surface area (TPSA) is 32.8 Å². The second kappa shape index (κ2) is 7.46. The van der Waals surface area contributed by atoms with Crippen LogP contribution in [0.1, 0.15) is 24.4 Å². The van der Waals surface area contributed by atoms with Crippen LogP contribution in [0.4, 0.5) is 0 Å². The van der Waals surface area contributed by atoms with Crippen LogP contribution < -0.4 is 0 Å².